The maximum atomic E-state index is 12.5. The van der Waals surface area contributed by atoms with Crippen molar-refractivity contribution in [3.8, 4) is 6.07 Å². The number of pyridine rings is 1. The van der Waals surface area contributed by atoms with Crippen LogP contribution in [-0.4, -0.2) is 46.7 Å². The summed E-state index contributed by atoms with van der Waals surface area (Å²) in [5, 5.41) is 21.8. The fourth-order valence-corrected chi connectivity index (χ4v) is 4.45. The van der Waals surface area contributed by atoms with Crippen LogP contribution in [0.25, 0.3) is 0 Å². The summed E-state index contributed by atoms with van der Waals surface area (Å²) in [6.45, 7) is 2.40. The minimum absolute atomic E-state index is 0.0480. The minimum atomic E-state index is -0.494. The van der Waals surface area contributed by atoms with E-state index in [1.807, 2.05) is 25.1 Å². The van der Waals surface area contributed by atoms with E-state index in [-0.39, 0.29) is 31.5 Å². The minimum Gasteiger partial charge on any atom is -0.447 e. The summed E-state index contributed by atoms with van der Waals surface area (Å²) in [7, 11) is 0. The molecule has 152 valence electrons. The van der Waals surface area contributed by atoms with Crippen molar-refractivity contribution < 1.29 is 19.4 Å². The molecule has 0 saturated heterocycles. The van der Waals surface area contributed by atoms with Gasteiger partial charge in [0.05, 0.1) is 18.7 Å². The monoisotopic (exact) mass is 414 g/mol. The summed E-state index contributed by atoms with van der Waals surface area (Å²) >= 11 is 1.31. The second kappa shape index (κ2) is 9.49. The number of nitriles is 1. The zero-order chi connectivity index (χ0) is 20.8. The van der Waals surface area contributed by atoms with E-state index in [0.29, 0.717) is 30.1 Å². The van der Waals surface area contributed by atoms with Crippen molar-refractivity contribution in [1.29, 1.82) is 5.26 Å². The third-order valence-electron chi connectivity index (χ3n) is 4.68. The fraction of sp³-hybridized carbons (Fsp3) is 0.400. The van der Waals surface area contributed by atoms with Gasteiger partial charge >= 0.3 is 6.09 Å². The lowest BCUT2D eigenvalue weighted by Crippen LogP contribution is -2.36. The first kappa shape index (κ1) is 20.8. The SMILES string of the molecule is C[C@@H](CC(=O)Nc1sc2c(c1C#N)CCN(C(=O)OCCO)C2)c1ccccn1. The van der Waals surface area contributed by atoms with E-state index >= 15 is 0 Å². The van der Waals surface area contributed by atoms with Crippen molar-refractivity contribution in [1.82, 2.24) is 9.88 Å². The standard InChI is InChI=1S/C20H22N4O4S/c1-13(16-4-2-3-6-22-16)10-18(26)23-19-15(11-21)14-5-7-24(12-17(14)29-19)20(27)28-9-8-25/h2-4,6,13,25H,5,7-10,12H2,1H3,(H,23,26)/t13-/m0/s1. The molecule has 3 rings (SSSR count). The maximum absolute atomic E-state index is 12.5. The molecule has 0 aromatic carbocycles. The zero-order valence-corrected chi connectivity index (χ0v) is 16.9. The number of rotatable bonds is 6. The van der Waals surface area contributed by atoms with Crippen LogP contribution in [0.4, 0.5) is 9.80 Å². The first-order valence-electron chi connectivity index (χ1n) is 9.31. The average Bonchev–Trinajstić information content (AvgIpc) is 3.08. The van der Waals surface area contributed by atoms with Crippen LogP contribution in [0.15, 0.2) is 24.4 Å². The Hall–Kier alpha value is -2.96. The third-order valence-corrected chi connectivity index (χ3v) is 5.81. The highest BCUT2D eigenvalue weighted by Crippen LogP contribution is 2.37. The van der Waals surface area contributed by atoms with Crippen molar-refractivity contribution in [2.45, 2.75) is 32.2 Å². The lowest BCUT2D eigenvalue weighted by molar-refractivity contribution is -0.116. The van der Waals surface area contributed by atoms with Crippen LogP contribution < -0.4 is 5.32 Å². The smallest absolute Gasteiger partial charge is 0.410 e. The molecule has 0 radical (unpaired) electrons. The Morgan fingerprint density at radius 3 is 3.00 bits per heavy atom. The van der Waals surface area contributed by atoms with Crippen molar-refractivity contribution >= 4 is 28.3 Å². The van der Waals surface area contributed by atoms with Crippen molar-refractivity contribution in [3.05, 3.63) is 46.1 Å². The Kier molecular flexibility index (Phi) is 6.80. The number of nitrogens with zero attached hydrogens (tertiary/aromatic N) is 3. The highest BCUT2D eigenvalue weighted by atomic mass is 32.1. The van der Waals surface area contributed by atoms with Crippen molar-refractivity contribution in [3.63, 3.8) is 0 Å². The lowest BCUT2D eigenvalue weighted by Gasteiger charge is -2.26. The topological polar surface area (TPSA) is 116 Å². The number of aliphatic hydroxyl groups is 1. The van der Waals surface area contributed by atoms with Crippen LogP contribution >= 0.6 is 11.3 Å². The number of fused-ring (bicyclic) bond motifs is 1. The molecule has 0 aliphatic carbocycles. The molecule has 9 heteroatoms. The Balaban J connectivity index is 1.68. The van der Waals surface area contributed by atoms with E-state index in [1.54, 1.807) is 6.20 Å². The van der Waals surface area contributed by atoms with E-state index in [1.165, 1.54) is 16.2 Å². The first-order valence-corrected chi connectivity index (χ1v) is 10.1. The Morgan fingerprint density at radius 2 is 2.31 bits per heavy atom. The molecule has 0 bridgehead atoms. The Labute approximate surface area is 172 Å². The Bertz CT molecular complexity index is 923. The number of aromatic nitrogens is 1. The van der Waals surface area contributed by atoms with Gasteiger partial charge in [-0.05, 0) is 24.1 Å². The molecule has 29 heavy (non-hydrogen) atoms. The zero-order valence-electron chi connectivity index (χ0n) is 16.1. The molecule has 2 N–H and O–H groups in total. The molecule has 1 aliphatic rings. The van der Waals surface area contributed by atoms with Gasteiger partial charge in [0, 0.05) is 35.7 Å². The normalized spacial score (nSPS) is 13.9. The number of nitrogens with one attached hydrogen (secondary N) is 1. The molecule has 0 saturated carbocycles. The molecule has 0 unspecified atom stereocenters. The van der Waals surface area contributed by atoms with E-state index in [4.69, 9.17) is 9.84 Å². The molecular weight excluding hydrogens is 392 g/mol. The van der Waals surface area contributed by atoms with Crippen LogP contribution in [0.5, 0.6) is 0 Å². The second-order valence-corrected chi connectivity index (χ2v) is 7.84. The van der Waals surface area contributed by atoms with Gasteiger partial charge in [-0.15, -0.1) is 11.3 Å². The molecule has 3 heterocycles. The number of anilines is 1. The van der Waals surface area contributed by atoms with E-state index in [9.17, 15) is 14.9 Å². The van der Waals surface area contributed by atoms with E-state index in [0.717, 1.165) is 16.1 Å². The average molecular weight is 414 g/mol. The first-order chi connectivity index (χ1) is 14.0. The van der Waals surface area contributed by atoms with Gasteiger partial charge in [0.15, 0.2) is 0 Å². The van der Waals surface area contributed by atoms with Gasteiger partial charge < -0.3 is 20.1 Å². The number of amides is 2. The van der Waals surface area contributed by atoms with Crippen LogP contribution in [0.3, 0.4) is 0 Å². The number of carbonyl (C=O) groups excluding carboxylic acids is 2. The number of hydrogen-bond donors (Lipinski definition) is 2. The summed E-state index contributed by atoms with van der Waals surface area (Å²) < 4.78 is 4.96. The summed E-state index contributed by atoms with van der Waals surface area (Å²) in [6, 6.07) is 7.78. The maximum Gasteiger partial charge on any atom is 0.410 e. The van der Waals surface area contributed by atoms with Gasteiger partial charge in [-0.3, -0.25) is 9.78 Å². The summed E-state index contributed by atoms with van der Waals surface area (Å²) in [6.07, 6.45) is 1.97. The molecule has 1 atom stereocenters. The van der Waals surface area contributed by atoms with Crippen LogP contribution in [0.2, 0.25) is 0 Å². The van der Waals surface area contributed by atoms with Crippen LogP contribution in [-0.2, 0) is 22.5 Å². The van der Waals surface area contributed by atoms with Crippen molar-refractivity contribution in [2.24, 2.45) is 0 Å². The van der Waals surface area contributed by atoms with Gasteiger partial charge in [-0.1, -0.05) is 13.0 Å². The van der Waals surface area contributed by atoms with Gasteiger partial charge in [0.2, 0.25) is 5.91 Å². The number of ether oxygens (including phenoxy) is 1. The van der Waals surface area contributed by atoms with Gasteiger partial charge in [0.25, 0.3) is 0 Å². The molecule has 8 nitrogen and oxygen atoms in total. The predicted molar refractivity (Wildman–Crippen MR) is 107 cm³/mol. The lowest BCUT2D eigenvalue weighted by atomic mass is 10.0. The Morgan fingerprint density at radius 1 is 1.48 bits per heavy atom. The fourth-order valence-electron chi connectivity index (χ4n) is 3.22. The molecule has 0 spiro atoms. The number of aliphatic hydroxyl groups excluding tert-OH is 1. The largest absolute Gasteiger partial charge is 0.447 e. The summed E-state index contributed by atoms with van der Waals surface area (Å²) in [4.78, 5) is 31.2. The number of thiophene rings is 1. The molecule has 2 aromatic rings. The third kappa shape index (κ3) is 4.91. The molecule has 1 aliphatic heterocycles. The quantitative estimate of drug-likeness (QED) is 0.751. The predicted octanol–water partition coefficient (Wildman–Crippen LogP) is 2.63. The summed E-state index contributed by atoms with van der Waals surface area (Å²) in [5.41, 5.74) is 2.18. The van der Waals surface area contributed by atoms with Crippen molar-refractivity contribution in [2.75, 3.05) is 25.1 Å². The van der Waals surface area contributed by atoms with Gasteiger partial charge in [-0.25, -0.2) is 4.79 Å². The molecule has 0 fully saturated rings. The van der Waals surface area contributed by atoms with E-state index in [2.05, 4.69) is 16.4 Å². The summed E-state index contributed by atoms with van der Waals surface area (Å²) in [5.74, 6) is -0.231. The van der Waals surface area contributed by atoms with Crippen LogP contribution in [0.1, 0.15) is 41.0 Å². The highest BCUT2D eigenvalue weighted by Gasteiger charge is 2.28. The molecule has 2 aromatic heterocycles. The van der Waals surface area contributed by atoms with E-state index < -0.39 is 6.09 Å². The number of hydrogen-bond acceptors (Lipinski definition) is 7. The van der Waals surface area contributed by atoms with Crippen LogP contribution in [0, 0.1) is 11.3 Å². The van der Waals surface area contributed by atoms with Gasteiger partial charge in [0.1, 0.15) is 17.7 Å². The molecule has 2 amide bonds. The second-order valence-electron chi connectivity index (χ2n) is 6.74. The van der Waals surface area contributed by atoms with Gasteiger partial charge in [-0.2, -0.15) is 5.26 Å². The highest BCUT2D eigenvalue weighted by molar-refractivity contribution is 7.16. The molecular formula is C20H22N4O4S. The number of carbonyl (C=O) groups is 2.